The maximum absolute atomic E-state index is 11.4. The van der Waals surface area contributed by atoms with Gasteiger partial charge in [-0.1, -0.05) is 11.6 Å². The highest BCUT2D eigenvalue weighted by Crippen LogP contribution is 2.29. The molecule has 0 saturated carbocycles. The number of fused-ring (bicyclic) bond motifs is 1. The quantitative estimate of drug-likeness (QED) is 0.867. The van der Waals surface area contributed by atoms with E-state index in [1.807, 2.05) is 6.07 Å². The molecule has 0 saturated heterocycles. The van der Waals surface area contributed by atoms with Gasteiger partial charge in [-0.25, -0.2) is 0 Å². The van der Waals surface area contributed by atoms with Crippen LogP contribution >= 0.6 is 11.6 Å². The van der Waals surface area contributed by atoms with Gasteiger partial charge in [-0.15, -0.1) is 0 Å². The Morgan fingerprint density at radius 1 is 1.53 bits per heavy atom. The molecule has 6 heteroatoms. The molecule has 0 radical (unpaired) electrons. The molecular weight excluding hydrogens is 266 g/mol. The van der Waals surface area contributed by atoms with Crippen LogP contribution in [0, 0.1) is 11.3 Å². The third-order valence-electron chi connectivity index (χ3n) is 2.53. The minimum atomic E-state index is -0.617. The summed E-state index contributed by atoms with van der Waals surface area (Å²) in [4.78, 5) is 15.6. The summed E-state index contributed by atoms with van der Waals surface area (Å²) in [5, 5.41) is 9.59. The zero-order chi connectivity index (χ0) is 13.8. The Morgan fingerprint density at radius 2 is 2.32 bits per heavy atom. The summed E-state index contributed by atoms with van der Waals surface area (Å²) < 4.78 is 5.38. The van der Waals surface area contributed by atoms with Gasteiger partial charge in [-0.3, -0.25) is 9.78 Å². The van der Waals surface area contributed by atoms with E-state index >= 15 is 0 Å². The first-order valence-electron chi connectivity index (χ1n) is 5.51. The first kappa shape index (κ1) is 13.1. The second-order valence-electron chi connectivity index (χ2n) is 3.78. The number of rotatable bonds is 4. The second-order valence-corrected chi connectivity index (χ2v) is 4.19. The molecule has 1 aromatic heterocycles. The molecule has 1 amide bonds. The van der Waals surface area contributed by atoms with Crippen LogP contribution in [0.25, 0.3) is 10.9 Å². The predicted molar refractivity (Wildman–Crippen MR) is 71.0 cm³/mol. The largest absolute Gasteiger partial charge is 0.492 e. The Bertz CT molecular complexity index is 679. The summed E-state index contributed by atoms with van der Waals surface area (Å²) in [6.07, 6.45) is 1.78. The van der Waals surface area contributed by atoms with Crippen LogP contribution in [0.5, 0.6) is 5.75 Å². The van der Waals surface area contributed by atoms with Gasteiger partial charge in [0.2, 0.25) is 0 Å². The first-order chi connectivity index (χ1) is 9.13. The number of carbonyl (C=O) groups is 1. The van der Waals surface area contributed by atoms with Crippen LogP contribution in [0.3, 0.4) is 0 Å². The number of pyridine rings is 1. The van der Waals surface area contributed by atoms with Crippen molar-refractivity contribution in [2.45, 2.75) is 6.42 Å². The summed E-state index contributed by atoms with van der Waals surface area (Å²) in [7, 11) is 0. The lowest BCUT2D eigenvalue weighted by Crippen LogP contribution is -2.13. The molecule has 0 spiro atoms. The summed E-state index contributed by atoms with van der Waals surface area (Å²) in [6.45, 7) is 0.183. The fourth-order valence-corrected chi connectivity index (χ4v) is 1.87. The standard InChI is InChI=1S/C13H10ClN3O2/c14-10-2-4-17-11-7-12(19-5-1-3-15)9(13(16)18)6-8(10)11/h2,4,6-7H,1,5H2,(H2,16,18). The lowest BCUT2D eigenvalue weighted by atomic mass is 10.1. The van der Waals surface area contributed by atoms with Gasteiger partial charge in [0.1, 0.15) is 12.4 Å². The molecule has 0 atom stereocenters. The third kappa shape index (κ3) is 2.75. The Labute approximate surface area is 114 Å². The summed E-state index contributed by atoms with van der Waals surface area (Å²) in [5.74, 6) is -0.307. The Morgan fingerprint density at radius 3 is 3.00 bits per heavy atom. The number of aromatic nitrogens is 1. The first-order valence-corrected chi connectivity index (χ1v) is 5.89. The fourth-order valence-electron chi connectivity index (χ4n) is 1.66. The molecule has 19 heavy (non-hydrogen) atoms. The highest BCUT2D eigenvalue weighted by molar-refractivity contribution is 6.35. The molecule has 0 aliphatic rings. The van der Waals surface area contributed by atoms with E-state index in [-0.39, 0.29) is 18.6 Å². The smallest absolute Gasteiger partial charge is 0.252 e. The number of nitrogens with two attached hydrogens (primary N) is 1. The normalized spacial score (nSPS) is 10.1. The van der Waals surface area contributed by atoms with E-state index in [0.29, 0.717) is 21.7 Å². The average Bonchev–Trinajstić information content (AvgIpc) is 2.38. The minimum Gasteiger partial charge on any atom is -0.492 e. The zero-order valence-corrected chi connectivity index (χ0v) is 10.6. The lowest BCUT2D eigenvalue weighted by molar-refractivity contribution is 0.0996. The van der Waals surface area contributed by atoms with Crippen LogP contribution in [0.2, 0.25) is 5.02 Å². The number of ether oxygens (including phenoxy) is 1. The number of nitrogens with zero attached hydrogens (tertiary/aromatic N) is 2. The molecule has 2 N–H and O–H groups in total. The third-order valence-corrected chi connectivity index (χ3v) is 2.86. The number of amides is 1. The summed E-state index contributed by atoms with van der Waals surface area (Å²) in [6, 6.07) is 6.73. The van der Waals surface area contributed by atoms with Crippen LogP contribution in [0.15, 0.2) is 24.4 Å². The van der Waals surface area contributed by atoms with Gasteiger partial charge < -0.3 is 10.5 Å². The predicted octanol–water partition coefficient (Wildman–Crippen LogP) is 2.28. The van der Waals surface area contributed by atoms with Crippen LogP contribution in [0.4, 0.5) is 0 Å². The molecule has 96 valence electrons. The maximum Gasteiger partial charge on any atom is 0.252 e. The van der Waals surface area contributed by atoms with E-state index < -0.39 is 5.91 Å². The van der Waals surface area contributed by atoms with Crippen molar-refractivity contribution in [3.63, 3.8) is 0 Å². The van der Waals surface area contributed by atoms with E-state index in [1.165, 1.54) is 0 Å². The van der Waals surface area contributed by atoms with Crippen LogP contribution < -0.4 is 10.5 Å². The fraction of sp³-hybridized carbons (Fsp3) is 0.154. The molecular formula is C13H10ClN3O2. The van der Waals surface area contributed by atoms with E-state index in [9.17, 15) is 4.79 Å². The van der Waals surface area contributed by atoms with Gasteiger partial charge >= 0.3 is 0 Å². The van der Waals surface area contributed by atoms with Crippen molar-refractivity contribution in [3.05, 3.63) is 35.0 Å². The Balaban J connectivity index is 2.52. The van der Waals surface area contributed by atoms with E-state index in [1.54, 1.807) is 24.4 Å². The molecule has 1 aromatic carbocycles. The van der Waals surface area contributed by atoms with Crippen LogP contribution in [-0.2, 0) is 0 Å². The molecule has 0 bridgehead atoms. The van der Waals surface area contributed by atoms with Crippen molar-refractivity contribution in [2.24, 2.45) is 5.73 Å². The molecule has 5 nitrogen and oxygen atoms in total. The van der Waals surface area contributed by atoms with E-state index in [0.717, 1.165) is 0 Å². The molecule has 2 aromatic rings. The van der Waals surface area contributed by atoms with Crippen LogP contribution in [-0.4, -0.2) is 17.5 Å². The van der Waals surface area contributed by atoms with Crippen molar-refractivity contribution >= 4 is 28.4 Å². The van der Waals surface area contributed by atoms with Crippen molar-refractivity contribution in [2.75, 3.05) is 6.61 Å². The summed E-state index contributed by atoms with van der Waals surface area (Å²) >= 11 is 6.04. The SMILES string of the molecule is N#CCCOc1cc2nccc(Cl)c2cc1C(N)=O. The maximum atomic E-state index is 11.4. The van der Waals surface area contributed by atoms with Crippen molar-refractivity contribution in [1.82, 2.24) is 4.98 Å². The topological polar surface area (TPSA) is 89.0 Å². The minimum absolute atomic E-state index is 0.183. The molecule has 0 aliphatic carbocycles. The number of primary amides is 1. The van der Waals surface area contributed by atoms with Crippen molar-refractivity contribution in [1.29, 1.82) is 5.26 Å². The monoisotopic (exact) mass is 275 g/mol. The highest BCUT2D eigenvalue weighted by Gasteiger charge is 2.13. The van der Waals surface area contributed by atoms with Gasteiger partial charge in [0.25, 0.3) is 5.91 Å². The number of carbonyl (C=O) groups excluding carboxylic acids is 1. The molecule has 0 unspecified atom stereocenters. The van der Waals surface area contributed by atoms with Crippen LogP contribution in [0.1, 0.15) is 16.8 Å². The number of halogens is 1. The number of hydrogen-bond acceptors (Lipinski definition) is 4. The highest BCUT2D eigenvalue weighted by atomic mass is 35.5. The Kier molecular flexibility index (Phi) is 3.83. The van der Waals surface area contributed by atoms with Crippen molar-refractivity contribution in [3.8, 4) is 11.8 Å². The molecule has 1 heterocycles. The number of nitriles is 1. The Hall–Kier alpha value is -2.32. The second kappa shape index (κ2) is 5.55. The van der Waals surface area contributed by atoms with Gasteiger partial charge in [0.05, 0.1) is 28.6 Å². The van der Waals surface area contributed by atoms with E-state index in [2.05, 4.69) is 4.98 Å². The lowest BCUT2D eigenvalue weighted by Gasteiger charge is -2.10. The van der Waals surface area contributed by atoms with E-state index in [4.69, 9.17) is 27.3 Å². The molecule has 2 rings (SSSR count). The molecule has 0 fully saturated rings. The van der Waals surface area contributed by atoms with Gasteiger partial charge in [-0.2, -0.15) is 5.26 Å². The summed E-state index contributed by atoms with van der Waals surface area (Å²) in [5.41, 5.74) is 6.14. The van der Waals surface area contributed by atoms with Crippen molar-refractivity contribution < 1.29 is 9.53 Å². The number of hydrogen-bond donors (Lipinski definition) is 1. The van der Waals surface area contributed by atoms with Gasteiger partial charge in [0, 0.05) is 17.6 Å². The van der Waals surface area contributed by atoms with Gasteiger partial charge in [0.15, 0.2) is 0 Å². The average molecular weight is 276 g/mol. The molecule has 0 aliphatic heterocycles. The number of benzene rings is 1. The zero-order valence-electron chi connectivity index (χ0n) is 9.89. The van der Waals surface area contributed by atoms with Gasteiger partial charge in [-0.05, 0) is 12.1 Å².